The van der Waals surface area contributed by atoms with Gasteiger partial charge in [-0.25, -0.2) is 13.6 Å². The monoisotopic (exact) mass is 402 g/mol. The largest absolute Gasteiger partial charge is 0.481 e. The predicted octanol–water partition coefficient (Wildman–Crippen LogP) is 4.07. The smallest absolute Gasteiger partial charge is 0.323 e. The number of nitrogens with one attached hydrogen (secondary N) is 2. The maximum absolute atomic E-state index is 13.6. The van der Waals surface area contributed by atoms with Gasteiger partial charge in [-0.2, -0.15) is 0 Å². The molecule has 10 heteroatoms. The van der Waals surface area contributed by atoms with E-state index in [0.717, 1.165) is 12.1 Å². The Morgan fingerprint density at radius 2 is 1.79 bits per heavy atom. The number of aliphatic carboxylic acids is 1. The second-order valence-corrected chi connectivity index (χ2v) is 6.03. The van der Waals surface area contributed by atoms with Gasteiger partial charge < -0.3 is 20.2 Å². The number of hydrogen-bond donors (Lipinski definition) is 3. The molecular formula is C19H16F2N4O4. The number of carbonyl (C=O) groups is 2. The Kier molecular flexibility index (Phi) is 6.12. The minimum Gasteiger partial charge on any atom is -0.481 e. The number of urea groups is 1. The first-order chi connectivity index (χ1) is 13.9. The zero-order valence-corrected chi connectivity index (χ0v) is 15.0. The summed E-state index contributed by atoms with van der Waals surface area (Å²) < 4.78 is 32.0. The number of nitrogens with zero attached hydrogens (tertiary/aromatic N) is 2. The van der Waals surface area contributed by atoms with E-state index in [1.54, 1.807) is 24.3 Å². The van der Waals surface area contributed by atoms with Gasteiger partial charge in [0.25, 0.3) is 0 Å². The molecule has 8 nitrogen and oxygen atoms in total. The van der Waals surface area contributed by atoms with Crippen LogP contribution in [-0.4, -0.2) is 27.3 Å². The molecule has 2 amide bonds. The van der Waals surface area contributed by atoms with Crippen LogP contribution < -0.4 is 10.6 Å². The molecule has 0 unspecified atom stereocenters. The SMILES string of the molecule is O=C(O)CCCc1nnc(-c2ccc(NC(=O)Nc3ccc(F)cc3F)cc2)o1. The van der Waals surface area contributed by atoms with Crippen molar-refractivity contribution in [2.75, 3.05) is 10.6 Å². The van der Waals surface area contributed by atoms with E-state index in [4.69, 9.17) is 9.52 Å². The molecule has 0 aliphatic rings. The van der Waals surface area contributed by atoms with E-state index >= 15 is 0 Å². The number of carbonyl (C=O) groups excluding carboxylic acids is 1. The molecule has 0 saturated heterocycles. The highest BCUT2D eigenvalue weighted by molar-refractivity contribution is 5.99. The lowest BCUT2D eigenvalue weighted by atomic mass is 10.2. The molecule has 150 valence electrons. The summed E-state index contributed by atoms with van der Waals surface area (Å²) in [5.74, 6) is -1.91. The maximum atomic E-state index is 13.6. The molecule has 29 heavy (non-hydrogen) atoms. The molecule has 0 bridgehead atoms. The van der Waals surface area contributed by atoms with Crippen molar-refractivity contribution in [2.24, 2.45) is 0 Å². The van der Waals surface area contributed by atoms with E-state index in [2.05, 4.69) is 20.8 Å². The van der Waals surface area contributed by atoms with Crippen molar-refractivity contribution in [3.8, 4) is 11.5 Å². The lowest BCUT2D eigenvalue weighted by Gasteiger charge is -2.08. The zero-order valence-electron chi connectivity index (χ0n) is 15.0. The molecule has 3 aromatic rings. The standard InChI is InChI=1S/C19H16F2N4O4/c20-12-6-9-15(14(21)10-12)23-19(28)22-13-7-4-11(5-8-13)18-25-24-16(29-18)2-1-3-17(26)27/h4-10H,1-3H2,(H,26,27)(H2,22,23,28). The molecule has 0 saturated carbocycles. The van der Waals surface area contributed by atoms with Crippen molar-refractivity contribution in [2.45, 2.75) is 19.3 Å². The van der Waals surface area contributed by atoms with Crippen molar-refractivity contribution in [3.63, 3.8) is 0 Å². The summed E-state index contributed by atoms with van der Waals surface area (Å²) >= 11 is 0. The first kappa shape index (κ1) is 19.9. The number of carboxylic acids is 1. The molecule has 0 atom stereocenters. The van der Waals surface area contributed by atoms with Crippen LogP contribution >= 0.6 is 0 Å². The fourth-order valence-electron chi connectivity index (χ4n) is 2.43. The van der Waals surface area contributed by atoms with Gasteiger partial charge in [-0.05, 0) is 42.8 Å². The van der Waals surface area contributed by atoms with Crippen LogP contribution in [0.15, 0.2) is 46.9 Å². The van der Waals surface area contributed by atoms with Gasteiger partial charge in [0.1, 0.15) is 11.6 Å². The number of halogens is 2. The van der Waals surface area contributed by atoms with Gasteiger partial charge in [-0.3, -0.25) is 4.79 Å². The summed E-state index contributed by atoms with van der Waals surface area (Å²) in [5.41, 5.74) is 0.884. The summed E-state index contributed by atoms with van der Waals surface area (Å²) in [6, 6.07) is 8.59. The van der Waals surface area contributed by atoms with E-state index in [0.29, 0.717) is 36.0 Å². The molecule has 1 aromatic heterocycles. The molecule has 1 heterocycles. The van der Waals surface area contributed by atoms with Crippen LogP contribution in [0.1, 0.15) is 18.7 Å². The molecule has 3 N–H and O–H groups in total. The van der Waals surface area contributed by atoms with Crippen molar-refractivity contribution in [1.82, 2.24) is 10.2 Å². The number of aryl methyl sites for hydroxylation is 1. The van der Waals surface area contributed by atoms with E-state index in [1.807, 2.05) is 0 Å². The molecule has 0 spiro atoms. The topological polar surface area (TPSA) is 117 Å². The highest BCUT2D eigenvalue weighted by Gasteiger charge is 2.11. The number of hydrogen-bond acceptors (Lipinski definition) is 5. The quantitative estimate of drug-likeness (QED) is 0.548. The first-order valence-electron chi connectivity index (χ1n) is 8.58. The zero-order chi connectivity index (χ0) is 20.8. The molecular weight excluding hydrogens is 386 g/mol. The number of aromatic nitrogens is 2. The summed E-state index contributed by atoms with van der Waals surface area (Å²) in [6.07, 6.45) is 0.768. The Labute approximate surface area is 163 Å². The van der Waals surface area contributed by atoms with Gasteiger partial charge in [0.2, 0.25) is 11.8 Å². The Morgan fingerprint density at radius 1 is 1.03 bits per heavy atom. The van der Waals surface area contributed by atoms with Crippen LogP contribution in [0.3, 0.4) is 0 Å². The van der Waals surface area contributed by atoms with Gasteiger partial charge in [-0.1, -0.05) is 0 Å². The van der Waals surface area contributed by atoms with Gasteiger partial charge in [0, 0.05) is 30.2 Å². The molecule has 3 rings (SSSR count). The Morgan fingerprint density at radius 3 is 2.48 bits per heavy atom. The number of carboxylic acid groups (broad SMARTS) is 1. The summed E-state index contributed by atoms with van der Waals surface area (Å²) in [4.78, 5) is 22.5. The van der Waals surface area contributed by atoms with Crippen molar-refractivity contribution in [3.05, 3.63) is 60.0 Å². The van der Waals surface area contributed by atoms with Crippen LogP contribution in [0.2, 0.25) is 0 Å². The van der Waals surface area contributed by atoms with E-state index in [9.17, 15) is 18.4 Å². The fraction of sp³-hybridized carbons (Fsp3) is 0.158. The van der Waals surface area contributed by atoms with Crippen LogP contribution in [-0.2, 0) is 11.2 Å². The average molecular weight is 402 g/mol. The Bertz CT molecular complexity index is 1020. The average Bonchev–Trinajstić information content (AvgIpc) is 3.13. The first-order valence-corrected chi connectivity index (χ1v) is 8.58. The molecule has 0 fully saturated rings. The highest BCUT2D eigenvalue weighted by Crippen LogP contribution is 2.21. The third kappa shape index (κ3) is 5.58. The van der Waals surface area contributed by atoms with Gasteiger partial charge in [0.05, 0.1) is 5.69 Å². The lowest BCUT2D eigenvalue weighted by molar-refractivity contribution is -0.137. The number of benzene rings is 2. The second-order valence-electron chi connectivity index (χ2n) is 6.03. The molecule has 0 aliphatic carbocycles. The maximum Gasteiger partial charge on any atom is 0.323 e. The fourth-order valence-corrected chi connectivity index (χ4v) is 2.43. The minimum atomic E-state index is -0.890. The normalized spacial score (nSPS) is 10.6. The number of rotatable bonds is 7. The number of anilines is 2. The van der Waals surface area contributed by atoms with Crippen molar-refractivity contribution in [1.29, 1.82) is 0 Å². The van der Waals surface area contributed by atoms with Crippen LogP contribution in [0.5, 0.6) is 0 Å². The van der Waals surface area contributed by atoms with Gasteiger partial charge >= 0.3 is 12.0 Å². The molecule has 0 aliphatic heterocycles. The summed E-state index contributed by atoms with van der Waals surface area (Å²) in [5, 5.41) is 21.2. The Hall–Kier alpha value is -3.82. The lowest BCUT2D eigenvalue weighted by Crippen LogP contribution is -2.20. The van der Waals surface area contributed by atoms with Crippen molar-refractivity contribution >= 4 is 23.4 Å². The van der Waals surface area contributed by atoms with Crippen LogP contribution in [0, 0.1) is 11.6 Å². The van der Waals surface area contributed by atoms with Gasteiger partial charge in [0.15, 0.2) is 0 Å². The van der Waals surface area contributed by atoms with Crippen LogP contribution in [0.4, 0.5) is 25.0 Å². The van der Waals surface area contributed by atoms with Gasteiger partial charge in [-0.15, -0.1) is 10.2 Å². The molecule has 2 aromatic carbocycles. The third-order valence-electron chi connectivity index (χ3n) is 3.82. The number of amides is 2. The van der Waals surface area contributed by atoms with E-state index in [-0.39, 0.29) is 18.0 Å². The minimum absolute atomic E-state index is 0.0158. The van der Waals surface area contributed by atoms with Crippen molar-refractivity contribution < 1.29 is 27.9 Å². The van der Waals surface area contributed by atoms with Crippen LogP contribution in [0.25, 0.3) is 11.5 Å². The second kappa shape index (κ2) is 8.91. The Balaban J connectivity index is 1.58. The summed E-state index contributed by atoms with van der Waals surface area (Å²) in [6.45, 7) is 0. The van der Waals surface area contributed by atoms with E-state index in [1.165, 1.54) is 0 Å². The van der Waals surface area contributed by atoms with E-state index < -0.39 is 23.6 Å². The summed E-state index contributed by atoms with van der Waals surface area (Å²) in [7, 11) is 0. The predicted molar refractivity (Wildman–Crippen MR) is 99.3 cm³/mol. The highest BCUT2D eigenvalue weighted by atomic mass is 19.1. The molecule has 0 radical (unpaired) electrons. The third-order valence-corrected chi connectivity index (χ3v) is 3.82.